The van der Waals surface area contributed by atoms with Crippen molar-refractivity contribution in [2.75, 3.05) is 30.4 Å². The maximum Gasteiger partial charge on any atom is 0.257 e. The number of hydrogen-bond donors (Lipinski definition) is 2. The molecular weight excluding hydrogens is 410 g/mol. The second-order valence-electron chi connectivity index (χ2n) is 8.30. The number of nitrogens with one attached hydrogen (secondary N) is 2. The zero-order chi connectivity index (χ0) is 21.8. The van der Waals surface area contributed by atoms with E-state index in [1.165, 1.54) is 6.20 Å². The minimum Gasteiger partial charge on any atom is -0.378 e. The number of pyridine rings is 3. The summed E-state index contributed by atoms with van der Waals surface area (Å²) in [6, 6.07) is 5.64. The van der Waals surface area contributed by atoms with Crippen molar-refractivity contribution in [3.8, 4) is 11.4 Å². The fourth-order valence-electron chi connectivity index (χ4n) is 3.95. The Morgan fingerprint density at radius 2 is 2.09 bits per heavy atom. The number of methoxy groups -OCH3 is 1. The van der Waals surface area contributed by atoms with Gasteiger partial charge in [0, 0.05) is 49.5 Å². The van der Waals surface area contributed by atoms with Crippen LogP contribution in [0.1, 0.15) is 12.8 Å². The van der Waals surface area contributed by atoms with E-state index >= 15 is 0 Å². The molecule has 0 aromatic carbocycles. The Morgan fingerprint density at radius 3 is 2.88 bits per heavy atom. The van der Waals surface area contributed by atoms with Gasteiger partial charge in [0.15, 0.2) is 11.5 Å². The number of amides is 1. The maximum atomic E-state index is 12.4. The number of rotatable bonds is 5. The number of hydrogen-bond acceptors (Lipinski definition) is 7. The van der Waals surface area contributed by atoms with Gasteiger partial charge in [-0.05, 0) is 31.0 Å². The van der Waals surface area contributed by atoms with Crippen LogP contribution in [0.5, 0.6) is 0 Å². The van der Waals surface area contributed by atoms with Crippen LogP contribution in [0.4, 0.5) is 11.5 Å². The SMILES string of the molecule is COC1CN(c2ccc3nc(-c4c[nH]c(=O)c5cnc(NC(=O)C6CC6)cc45)nn3c2)C1. The van der Waals surface area contributed by atoms with Crippen LogP contribution in [0.2, 0.25) is 0 Å². The molecule has 1 saturated heterocycles. The van der Waals surface area contributed by atoms with Crippen LogP contribution < -0.4 is 15.8 Å². The summed E-state index contributed by atoms with van der Waals surface area (Å²) in [6.07, 6.45) is 7.08. The number of carbonyl (C=O) groups excluding carboxylic acids is 1. The highest BCUT2D eigenvalue weighted by Crippen LogP contribution is 2.31. The van der Waals surface area contributed by atoms with Crippen molar-refractivity contribution in [3.05, 3.63) is 47.1 Å². The van der Waals surface area contributed by atoms with Crippen LogP contribution in [-0.4, -0.2) is 56.8 Å². The molecule has 1 saturated carbocycles. The van der Waals surface area contributed by atoms with Crippen LogP contribution in [0.25, 0.3) is 27.8 Å². The highest BCUT2D eigenvalue weighted by atomic mass is 16.5. The molecule has 1 aliphatic heterocycles. The molecule has 0 spiro atoms. The van der Waals surface area contributed by atoms with Gasteiger partial charge in [0.2, 0.25) is 5.91 Å². The highest BCUT2D eigenvalue weighted by molar-refractivity contribution is 5.98. The van der Waals surface area contributed by atoms with E-state index in [-0.39, 0.29) is 23.5 Å². The first kappa shape index (κ1) is 18.9. The van der Waals surface area contributed by atoms with Crippen LogP contribution in [0.15, 0.2) is 41.6 Å². The van der Waals surface area contributed by atoms with Crippen molar-refractivity contribution < 1.29 is 9.53 Å². The lowest BCUT2D eigenvalue weighted by molar-refractivity contribution is -0.117. The minimum atomic E-state index is -0.257. The zero-order valence-corrected chi connectivity index (χ0v) is 17.4. The van der Waals surface area contributed by atoms with Crippen LogP contribution in [-0.2, 0) is 9.53 Å². The summed E-state index contributed by atoms with van der Waals surface area (Å²) < 4.78 is 7.09. The molecule has 10 nitrogen and oxygen atoms in total. The van der Waals surface area contributed by atoms with Gasteiger partial charge >= 0.3 is 0 Å². The van der Waals surface area contributed by atoms with Gasteiger partial charge in [0.25, 0.3) is 5.56 Å². The van der Waals surface area contributed by atoms with Gasteiger partial charge < -0.3 is 19.9 Å². The Bertz CT molecular complexity index is 1420. The molecule has 162 valence electrons. The Morgan fingerprint density at radius 1 is 1.25 bits per heavy atom. The first-order chi connectivity index (χ1) is 15.6. The van der Waals surface area contributed by atoms with E-state index in [1.54, 1.807) is 23.9 Å². The lowest BCUT2D eigenvalue weighted by Crippen LogP contribution is -2.51. The predicted molar refractivity (Wildman–Crippen MR) is 119 cm³/mol. The molecule has 2 aliphatic rings. The molecule has 4 aromatic heterocycles. The summed E-state index contributed by atoms with van der Waals surface area (Å²) in [4.78, 5) is 38.3. The molecule has 4 aromatic rings. The second kappa shape index (κ2) is 7.13. The van der Waals surface area contributed by atoms with Crippen molar-refractivity contribution in [1.29, 1.82) is 0 Å². The topological polar surface area (TPSA) is 118 Å². The van der Waals surface area contributed by atoms with Crippen molar-refractivity contribution in [1.82, 2.24) is 24.6 Å². The molecule has 0 radical (unpaired) electrons. The highest BCUT2D eigenvalue weighted by Gasteiger charge is 2.30. The third-order valence-electron chi connectivity index (χ3n) is 6.09. The average molecular weight is 431 g/mol. The van der Waals surface area contributed by atoms with Gasteiger partial charge in [-0.2, -0.15) is 0 Å². The fraction of sp³-hybridized carbons (Fsp3) is 0.318. The summed E-state index contributed by atoms with van der Waals surface area (Å²) in [5, 5.41) is 8.54. The van der Waals surface area contributed by atoms with E-state index in [0.29, 0.717) is 33.6 Å². The lowest BCUT2D eigenvalue weighted by Gasteiger charge is -2.39. The number of H-pyrrole nitrogens is 1. The summed E-state index contributed by atoms with van der Waals surface area (Å²) in [5.74, 6) is 0.916. The number of aromatic nitrogens is 5. The molecule has 5 heterocycles. The molecule has 0 bridgehead atoms. The van der Waals surface area contributed by atoms with Crippen LogP contribution in [0, 0.1) is 5.92 Å². The first-order valence-corrected chi connectivity index (χ1v) is 10.6. The third-order valence-corrected chi connectivity index (χ3v) is 6.09. The molecule has 6 rings (SSSR count). The second-order valence-corrected chi connectivity index (χ2v) is 8.30. The van der Waals surface area contributed by atoms with E-state index in [2.05, 4.69) is 30.3 Å². The standard InChI is InChI=1S/C22H21N7O3/c1-32-14-10-28(11-14)13-4-5-19-26-20(27-29(19)9-13)16-7-24-22(31)17-8-23-18(6-15(16)17)25-21(30)12-2-3-12/h4-9,12,14H,2-3,10-11H2,1H3,(H,24,31)(H,23,25,30). The van der Waals surface area contributed by atoms with Crippen LogP contribution >= 0.6 is 0 Å². The molecule has 2 fully saturated rings. The molecule has 10 heteroatoms. The van der Waals surface area contributed by atoms with Crippen LogP contribution in [0.3, 0.4) is 0 Å². The number of aromatic amines is 1. The van der Waals surface area contributed by atoms with Gasteiger partial charge in [-0.3, -0.25) is 9.59 Å². The molecule has 0 atom stereocenters. The number of anilines is 2. The molecule has 1 aliphatic carbocycles. The van der Waals surface area contributed by atoms with E-state index in [0.717, 1.165) is 31.6 Å². The van der Waals surface area contributed by atoms with Gasteiger partial charge in [-0.1, -0.05) is 0 Å². The van der Waals surface area contributed by atoms with Gasteiger partial charge in [0.05, 0.1) is 23.4 Å². The molecule has 32 heavy (non-hydrogen) atoms. The Labute approximate surface area is 182 Å². The first-order valence-electron chi connectivity index (χ1n) is 10.6. The normalized spacial score (nSPS) is 16.5. The molecular formula is C22H21N7O3. The quantitative estimate of drug-likeness (QED) is 0.495. The monoisotopic (exact) mass is 431 g/mol. The fourth-order valence-corrected chi connectivity index (χ4v) is 3.95. The smallest absolute Gasteiger partial charge is 0.257 e. The Hall–Kier alpha value is -3.79. The Balaban J connectivity index is 1.39. The van der Waals surface area contributed by atoms with Gasteiger partial charge in [-0.25, -0.2) is 14.5 Å². The average Bonchev–Trinajstić information content (AvgIpc) is 3.53. The maximum absolute atomic E-state index is 12.4. The lowest BCUT2D eigenvalue weighted by atomic mass is 10.1. The summed E-state index contributed by atoms with van der Waals surface area (Å²) in [6.45, 7) is 1.69. The number of ether oxygens (including phenoxy) is 1. The Kier molecular flexibility index (Phi) is 4.22. The van der Waals surface area contributed by atoms with E-state index in [9.17, 15) is 9.59 Å². The van der Waals surface area contributed by atoms with Gasteiger partial charge in [0.1, 0.15) is 5.82 Å². The van der Waals surface area contributed by atoms with Crippen molar-refractivity contribution in [2.45, 2.75) is 18.9 Å². The number of carbonyl (C=O) groups is 1. The van der Waals surface area contributed by atoms with E-state index in [1.807, 2.05) is 18.3 Å². The van der Waals surface area contributed by atoms with Crippen molar-refractivity contribution in [3.63, 3.8) is 0 Å². The minimum absolute atomic E-state index is 0.0386. The van der Waals surface area contributed by atoms with Crippen molar-refractivity contribution in [2.24, 2.45) is 5.92 Å². The number of nitrogens with zero attached hydrogens (tertiary/aromatic N) is 5. The molecule has 2 N–H and O–H groups in total. The van der Waals surface area contributed by atoms with E-state index in [4.69, 9.17) is 4.74 Å². The summed E-state index contributed by atoms with van der Waals surface area (Å²) in [5.41, 5.74) is 2.15. The molecule has 1 amide bonds. The third kappa shape index (κ3) is 3.19. The largest absolute Gasteiger partial charge is 0.378 e. The van der Waals surface area contributed by atoms with E-state index < -0.39 is 0 Å². The summed E-state index contributed by atoms with van der Waals surface area (Å²) in [7, 11) is 1.72. The number of fused-ring (bicyclic) bond motifs is 2. The van der Waals surface area contributed by atoms with Gasteiger partial charge in [-0.15, -0.1) is 5.10 Å². The predicted octanol–water partition coefficient (Wildman–Crippen LogP) is 1.82. The summed E-state index contributed by atoms with van der Waals surface area (Å²) >= 11 is 0. The zero-order valence-electron chi connectivity index (χ0n) is 17.4. The molecule has 0 unspecified atom stereocenters. The van der Waals surface area contributed by atoms with Crippen molar-refractivity contribution >= 4 is 33.8 Å².